The van der Waals surface area contributed by atoms with E-state index < -0.39 is 0 Å². The predicted molar refractivity (Wildman–Crippen MR) is 113 cm³/mol. The van der Waals surface area contributed by atoms with E-state index in [-0.39, 0.29) is 6.04 Å². The van der Waals surface area contributed by atoms with Crippen LogP contribution < -0.4 is 19.5 Å². The number of rotatable bonds is 7. The van der Waals surface area contributed by atoms with E-state index >= 15 is 0 Å². The van der Waals surface area contributed by atoms with Crippen LogP contribution in [0.2, 0.25) is 5.02 Å². The highest BCUT2D eigenvalue weighted by atomic mass is 35.5. The van der Waals surface area contributed by atoms with Gasteiger partial charge in [0, 0.05) is 31.7 Å². The lowest BCUT2D eigenvalue weighted by molar-refractivity contribution is 0.147. The lowest BCUT2D eigenvalue weighted by Crippen LogP contribution is -2.50. The molecule has 0 spiro atoms. The Morgan fingerprint density at radius 2 is 1.79 bits per heavy atom. The van der Waals surface area contributed by atoms with Gasteiger partial charge >= 0.3 is 0 Å². The summed E-state index contributed by atoms with van der Waals surface area (Å²) in [5.41, 5.74) is 2.40. The largest absolute Gasteiger partial charge is 0.495 e. The van der Waals surface area contributed by atoms with Gasteiger partial charge in [0.25, 0.3) is 0 Å². The monoisotopic (exact) mass is 404 g/mol. The van der Waals surface area contributed by atoms with Gasteiger partial charge in [-0.25, -0.2) is 0 Å². The van der Waals surface area contributed by atoms with Crippen LogP contribution in [0.5, 0.6) is 17.2 Å². The van der Waals surface area contributed by atoms with E-state index in [1.807, 2.05) is 18.2 Å². The Morgan fingerprint density at radius 1 is 1.04 bits per heavy atom. The van der Waals surface area contributed by atoms with Gasteiger partial charge in [-0.05, 0) is 48.7 Å². The summed E-state index contributed by atoms with van der Waals surface area (Å²) in [6.07, 6.45) is 0.857. The van der Waals surface area contributed by atoms with Crippen LogP contribution in [0.1, 0.15) is 24.1 Å². The molecule has 5 nitrogen and oxygen atoms in total. The maximum Gasteiger partial charge on any atom is 0.161 e. The predicted octanol–water partition coefficient (Wildman–Crippen LogP) is 3.94. The maximum atomic E-state index is 6.22. The Balaban J connectivity index is 1.95. The van der Waals surface area contributed by atoms with Crippen LogP contribution in [0.25, 0.3) is 0 Å². The van der Waals surface area contributed by atoms with E-state index in [0.717, 1.165) is 37.6 Å². The summed E-state index contributed by atoms with van der Waals surface area (Å²) in [5.74, 6) is 2.20. The molecule has 1 saturated heterocycles. The first-order valence-corrected chi connectivity index (χ1v) is 9.95. The Hall–Kier alpha value is -1.95. The molecular formula is C22H29ClN2O3. The molecule has 0 bridgehead atoms. The standard InChI is InChI=1S/C22H29ClN2O3/c1-15-14-25(10-9-24-15)19(11-16-5-7-18(23)21(12-16)27-3)17-6-8-20(26-2)22(13-17)28-4/h5-8,12-13,15,19,24H,9-11,14H2,1-4H3. The number of nitrogens with one attached hydrogen (secondary N) is 1. The van der Waals surface area contributed by atoms with E-state index in [1.165, 1.54) is 11.1 Å². The van der Waals surface area contributed by atoms with E-state index in [1.54, 1.807) is 21.3 Å². The third kappa shape index (κ3) is 4.72. The first-order valence-electron chi connectivity index (χ1n) is 9.57. The second kappa shape index (κ2) is 9.50. The van der Waals surface area contributed by atoms with Crippen LogP contribution in [-0.2, 0) is 6.42 Å². The summed E-state index contributed by atoms with van der Waals surface area (Å²) in [5, 5.41) is 4.15. The molecule has 28 heavy (non-hydrogen) atoms. The minimum Gasteiger partial charge on any atom is -0.495 e. The Labute approximate surface area is 172 Å². The minimum absolute atomic E-state index is 0.218. The number of hydrogen-bond acceptors (Lipinski definition) is 5. The quantitative estimate of drug-likeness (QED) is 0.757. The molecular weight excluding hydrogens is 376 g/mol. The topological polar surface area (TPSA) is 43.0 Å². The molecule has 0 amide bonds. The molecule has 2 aromatic carbocycles. The lowest BCUT2D eigenvalue weighted by atomic mass is 9.95. The molecule has 152 valence electrons. The molecule has 1 heterocycles. The van der Waals surface area contributed by atoms with Gasteiger partial charge in [-0.2, -0.15) is 0 Å². The van der Waals surface area contributed by atoms with Gasteiger partial charge in [0.15, 0.2) is 11.5 Å². The zero-order valence-electron chi connectivity index (χ0n) is 17.0. The molecule has 2 unspecified atom stereocenters. The highest BCUT2D eigenvalue weighted by Gasteiger charge is 2.26. The molecule has 1 fully saturated rings. The van der Waals surface area contributed by atoms with Gasteiger partial charge in [-0.1, -0.05) is 23.7 Å². The minimum atomic E-state index is 0.218. The number of ether oxygens (including phenoxy) is 3. The van der Waals surface area contributed by atoms with Crippen LogP contribution in [0.15, 0.2) is 36.4 Å². The average molecular weight is 405 g/mol. The molecule has 0 aliphatic carbocycles. The smallest absolute Gasteiger partial charge is 0.161 e. The third-order valence-corrected chi connectivity index (χ3v) is 5.59. The first kappa shape index (κ1) is 20.8. The van der Waals surface area contributed by atoms with Crippen molar-refractivity contribution in [3.63, 3.8) is 0 Å². The average Bonchev–Trinajstić information content (AvgIpc) is 2.72. The van der Waals surface area contributed by atoms with E-state index in [2.05, 4.69) is 35.3 Å². The van der Waals surface area contributed by atoms with E-state index in [0.29, 0.717) is 16.8 Å². The molecule has 1 aliphatic heterocycles. The highest BCUT2D eigenvalue weighted by Crippen LogP contribution is 2.35. The maximum absolute atomic E-state index is 6.22. The SMILES string of the molecule is COc1cc(CC(c2ccc(OC)c(OC)c2)N2CCNC(C)C2)ccc1Cl. The molecule has 0 saturated carbocycles. The number of halogens is 1. The second-order valence-corrected chi connectivity index (χ2v) is 7.56. The van der Waals surface area contributed by atoms with Gasteiger partial charge in [0.05, 0.1) is 26.4 Å². The number of benzene rings is 2. The van der Waals surface area contributed by atoms with Crippen LogP contribution in [-0.4, -0.2) is 51.9 Å². The normalized spacial score (nSPS) is 18.5. The zero-order valence-corrected chi connectivity index (χ0v) is 17.8. The van der Waals surface area contributed by atoms with Crippen molar-refractivity contribution >= 4 is 11.6 Å². The van der Waals surface area contributed by atoms with Crippen molar-refractivity contribution in [2.75, 3.05) is 41.0 Å². The van der Waals surface area contributed by atoms with Crippen LogP contribution >= 0.6 is 11.6 Å². The molecule has 2 aromatic rings. The van der Waals surface area contributed by atoms with Gasteiger partial charge in [-0.15, -0.1) is 0 Å². The van der Waals surface area contributed by atoms with Gasteiger partial charge in [-0.3, -0.25) is 4.90 Å². The molecule has 0 aromatic heterocycles. The second-order valence-electron chi connectivity index (χ2n) is 7.15. The highest BCUT2D eigenvalue weighted by molar-refractivity contribution is 6.32. The Kier molecular flexibility index (Phi) is 7.05. The summed E-state index contributed by atoms with van der Waals surface area (Å²) in [6, 6.07) is 12.9. The first-order chi connectivity index (χ1) is 13.5. The summed E-state index contributed by atoms with van der Waals surface area (Å²) >= 11 is 6.22. The van der Waals surface area contributed by atoms with E-state index in [9.17, 15) is 0 Å². The van der Waals surface area contributed by atoms with Crippen molar-refractivity contribution in [1.82, 2.24) is 10.2 Å². The van der Waals surface area contributed by atoms with Crippen molar-refractivity contribution in [2.45, 2.75) is 25.4 Å². The summed E-state index contributed by atoms with van der Waals surface area (Å²) < 4.78 is 16.4. The molecule has 2 atom stereocenters. The molecule has 0 radical (unpaired) electrons. The summed E-state index contributed by atoms with van der Waals surface area (Å²) in [7, 11) is 4.98. The van der Waals surface area contributed by atoms with Crippen molar-refractivity contribution in [1.29, 1.82) is 0 Å². The van der Waals surface area contributed by atoms with Gasteiger partial charge in [0.2, 0.25) is 0 Å². The number of methoxy groups -OCH3 is 3. The van der Waals surface area contributed by atoms with Crippen molar-refractivity contribution in [2.24, 2.45) is 0 Å². The van der Waals surface area contributed by atoms with Crippen LogP contribution in [0, 0.1) is 0 Å². The van der Waals surface area contributed by atoms with E-state index in [4.69, 9.17) is 25.8 Å². The van der Waals surface area contributed by atoms with Crippen molar-refractivity contribution in [3.8, 4) is 17.2 Å². The third-order valence-electron chi connectivity index (χ3n) is 5.28. The van der Waals surface area contributed by atoms with Gasteiger partial charge < -0.3 is 19.5 Å². The zero-order chi connectivity index (χ0) is 20.1. The van der Waals surface area contributed by atoms with Crippen LogP contribution in [0.4, 0.5) is 0 Å². The fraction of sp³-hybridized carbons (Fsp3) is 0.455. The summed E-state index contributed by atoms with van der Waals surface area (Å²) in [6.45, 7) is 5.19. The number of nitrogens with zero attached hydrogens (tertiary/aromatic N) is 1. The fourth-order valence-electron chi connectivity index (χ4n) is 3.82. The molecule has 3 rings (SSSR count). The molecule has 6 heteroatoms. The number of hydrogen-bond donors (Lipinski definition) is 1. The Bertz CT molecular complexity index is 799. The fourth-order valence-corrected chi connectivity index (χ4v) is 4.01. The lowest BCUT2D eigenvalue weighted by Gasteiger charge is -2.38. The molecule has 1 aliphatic rings. The number of piperazine rings is 1. The van der Waals surface area contributed by atoms with Crippen molar-refractivity contribution < 1.29 is 14.2 Å². The summed E-state index contributed by atoms with van der Waals surface area (Å²) in [4.78, 5) is 2.53. The van der Waals surface area contributed by atoms with Crippen molar-refractivity contribution in [3.05, 3.63) is 52.5 Å². The Morgan fingerprint density at radius 3 is 2.46 bits per heavy atom. The molecule has 1 N–H and O–H groups in total. The van der Waals surface area contributed by atoms with Crippen LogP contribution in [0.3, 0.4) is 0 Å². The van der Waals surface area contributed by atoms with Gasteiger partial charge in [0.1, 0.15) is 5.75 Å².